The number of anilines is 2. The summed E-state index contributed by atoms with van der Waals surface area (Å²) in [6.07, 6.45) is 0.744. The first-order valence-electron chi connectivity index (χ1n) is 3.98. The lowest BCUT2D eigenvalue weighted by atomic mass is 10.1. The topological polar surface area (TPSA) is 94.9 Å². The monoisotopic (exact) mass is 188 g/mol. The molecular weight excluding hydrogens is 180 g/mol. The number of benzene rings is 1. The maximum atomic E-state index is 10.5. The van der Waals surface area contributed by atoms with Gasteiger partial charge < -0.3 is 11.5 Å². The highest BCUT2D eigenvalue weighted by Gasteiger charge is 2.03. The van der Waals surface area contributed by atoms with Gasteiger partial charge in [0.25, 0.3) is 0 Å². The van der Waals surface area contributed by atoms with E-state index in [0.29, 0.717) is 22.3 Å². The molecule has 0 amide bonds. The van der Waals surface area contributed by atoms with Crippen molar-refractivity contribution in [2.45, 2.75) is 0 Å². The summed E-state index contributed by atoms with van der Waals surface area (Å²) in [7, 11) is 0. The van der Waals surface area contributed by atoms with Gasteiger partial charge in [-0.2, -0.15) is 4.98 Å². The number of nitrogens with two attached hydrogens (primary N) is 2. The summed E-state index contributed by atoms with van der Waals surface area (Å²) in [6.45, 7) is 0. The number of carbonyl (C=O) groups excluding carboxylic acids is 1. The fourth-order valence-electron chi connectivity index (χ4n) is 1.26. The zero-order chi connectivity index (χ0) is 10.1. The van der Waals surface area contributed by atoms with Gasteiger partial charge in [-0.05, 0) is 12.1 Å². The Morgan fingerprint density at radius 2 is 2.00 bits per heavy atom. The van der Waals surface area contributed by atoms with Gasteiger partial charge in [-0.1, -0.05) is 6.07 Å². The molecule has 14 heavy (non-hydrogen) atoms. The third-order valence-corrected chi connectivity index (χ3v) is 1.90. The van der Waals surface area contributed by atoms with Crippen molar-refractivity contribution in [3.05, 3.63) is 23.8 Å². The van der Waals surface area contributed by atoms with Crippen LogP contribution >= 0.6 is 0 Å². The van der Waals surface area contributed by atoms with Crippen molar-refractivity contribution in [2.75, 3.05) is 11.5 Å². The van der Waals surface area contributed by atoms with Gasteiger partial charge in [-0.3, -0.25) is 4.79 Å². The average Bonchev–Trinajstić information content (AvgIpc) is 2.16. The van der Waals surface area contributed by atoms with Crippen LogP contribution in [-0.4, -0.2) is 16.3 Å². The summed E-state index contributed by atoms with van der Waals surface area (Å²) in [4.78, 5) is 18.3. The van der Waals surface area contributed by atoms with E-state index in [1.807, 2.05) is 0 Å². The number of aromatic nitrogens is 2. The molecule has 1 heterocycles. The molecule has 0 radical (unpaired) electrons. The number of hydrogen-bond donors (Lipinski definition) is 2. The maximum absolute atomic E-state index is 10.5. The van der Waals surface area contributed by atoms with Gasteiger partial charge in [0.2, 0.25) is 5.95 Å². The van der Waals surface area contributed by atoms with Crippen molar-refractivity contribution >= 4 is 29.0 Å². The van der Waals surface area contributed by atoms with Crippen molar-refractivity contribution in [1.29, 1.82) is 0 Å². The maximum Gasteiger partial charge on any atom is 0.222 e. The number of carbonyl (C=O) groups is 1. The lowest BCUT2D eigenvalue weighted by Gasteiger charge is -2.01. The molecule has 0 spiro atoms. The second-order valence-corrected chi connectivity index (χ2v) is 2.86. The largest absolute Gasteiger partial charge is 0.383 e. The number of aldehydes is 1. The van der Waals surface area contributed by atoms with E-state index >= 15 is 0 Å². The molecule has 0 aliphatic rings. The van der Waals surface area contributed by atoms with E-state index in [2.05, 4.69) is 9.97 Å². The fraction of sp³-hybridized carbons (Fsp3) is 0. The summed E-state index contributed by atoms with van der Waals surface area (Å²) < 4.78 is 0. The first-order chi connectivity index (χ1) is 6.70. The molecule has 5 nitrogen and oxygen atoms in total. The minimum atomic E-state index is 0.109. The summed E-state index contributed by atoms with van der Waals surface area (Å²) >= 11 is 0. The zero-order valence-electron chi connectivity index (χ0n) is 7.27. The Kier molecular flexibility index (Phi) is 1.78. The van der Waals surface area contributed by atoms with Gasteiger partial charge in [0.15, 0.2) is 0 Å². The van der Waals surface area contributed by atoms with E-state index in [-0.39, 0.29) is 5.95 Å². The molecule has 0 aliphatic heterocycles. The molecule has 0 bridgehead atoms. The summed E-state index contributed by atoms with van der Waals surface area (Å²) in [5.41, 5.74) is 12.2. The minimum Gasteiger partial charge on any atom is -0.383 e. The molecule has 0 aliphatic carbocycles. The number of hydrogen-bond acceptors (Lipinski definition) is 5. The minimum absolute atomic E-state index is 0.109. The summed E-state index contributed by atoms with van der Waals surface area (Å²) in [6, 6.07) is 4.98. The number of fused-ring (bicyclic) bond motifs is 1. The zero-order valence-corrected chi connectivity index (χ0v) is 7.27. The van der Waals surface area contributed by atoms with Crippen LogP contribution in [0.4, 0.5) is 11.8 Å². The predicted octanol–water partition coefficient (Wildman–Crippen LogP) is 0.607. The van der Waals surface area contributed by atoms with E-state index in [0.717, 1.165) is 6.29 Å². The first kappa shape index (κ1) is 8.43. The van der Waals surface area contributed by atoms with Crippen molar-refractivity contribution < 1.29 is 4.79 Å². The molecule has 0 saturated carbocycles. The standard InChI is InChI=1S/C9H8N4O/c10-8-6-2-1-5(4-14)3-7(6)12-9(11)13-8/h1-4H,(H4,10,11,12,13). The van der Waals surface area contributed by atoms with Crippen molar-refractivity contribution in [2.24, 2.45) is 0 Å². The smallest absolute Gasteiger partial charge is 0.222 e. The van der Waals surface area contributed by atoms with E-state index in [1.54, 1.807) is 18.2 Å². The summed E-state index contributed by atoms with van der Waals surface area (Å²) in [5.74, 6) is 0.433. The molecule has 4 N–H and O–H groups in total. The molecule has 5 heteroatoms. The van der Waals surface area contributed by atoms with Crippen LogP contribution in [-0.2, 0) is 0 Å². The quantitative estimate of drug-likeness (QED) is 0.639. The normalized spacial score (nSPS) is 10.3. The molecule has 1 aromatic carbocycles. The second-order valence-electron chi connectivity index (χ2n) is 2.86. The molecule has 2 aromatic rings. The van der Waals surface area contributed by atoms with Gasteiger partial charge in [0.1, 0.15) is 12.1 Å². The lowest BCUT2D eigenvalue weighted by molar-refractivity contribution is 0.112. The molecule has 0 unspecified atom stereocenters. The first-order valence-corrected chi connectivity index (χ1v) is 3.98. The second kappa shape index (κ2) is 2.95. The van der Waals surface area contributed by atoms with Crippen molar-refractivity contribution in [3.8, 4) is 0 Å². The van der Waals surface area contributed by atoms with E-state index in [9.17, 15) is 4.79 Å². The van der Waals surface area contributed by atoms with Crippen LogP contribution < -0.4 is 11.5 Å². The van der Waals surface area contributed by atoms with Gasteiger partial charge in [-0.15, -0.1) is 0 Å². The van der Waals surface area contributed by atoms with Crippen LogP contribution in [0.25, 0.3) is 10.9 Å². The van der Waals surface area contributed by atoms with Crippen LogP contribution in [0.1, 0.15) is 10.4 Å². The Labute approximate surface area is 79.8 Å². The Morgan fingerprint density at radius 3 is 2.71 bits per heavy atom. The molecule has 70 valence electrons. The predicted molar refractivity (Wildman–Crippen MR) is 53.8 cm³/mol. The van der Waals surface area contributed by atoms with Crippen LogP contribution in [0, 0.1) is 0 Å². The SMILES string of the molecule is Nc1nc(N)c2ccc(C=O)cc2n1. The number of nitrogens with zero attached hydrogens (tertiary/aromatic N) is 2. The van der Waals surface area contributed by atoms with Crippen LogP contribution in [0.15, 0.2) is 18.2 Å². The molecule has 0 atom stereocenters. The molecular formula is C9H8N4O. The Balaban J connectivity index is 2.81. The van der Waals surface area contributed by atoms with Gasteiger partial charge in [0.05, 0.1) is 5.52 Å². The van der Waals surface area contributed by atoms with Crippen molar-refractivity contribution in [1.82, 2.24) is 9.97 Å². The number of rotatable bonds is 1. The number of nitrogen functional groups attached to an aromatic ring is 2. The average molecular weight is 188 g/mol. The van der Waals surface area contributed by atoms with Gasteiger partial charge >= 0.3 is 0 Å². The molecule has 0 fully saturated rings. The van der Waals surface area contributed by atoms with Crippen molar-refractivity contribution in [3.63, 3.8) is 0 Å². The van der Waals surface area contributed by atoms with Gasteiger partial charge in [-0.25, -0.2) is 4.98 Å². The Morgan fingerprint density at radius 1 is 1.21 bits per heavy atom. The highest BCUT2D eigenvalue weighted by molar-refractivity contribution is 5.92. The third-order valence-electron chi connectivity index (χ3n) is 1.90. The van der Waals surface area contributed by atoms with Crippen LogP contribution in [0.3, 0.4) is 0 Å². The third kappa shape index (κ3) is 1.24. The summed E-state index contributed by atoms with van der Waals surface area (Å²) in [5, 5.41) is 0.699. The van der Waals surface area contributed by atoms with Crippen LogP contribution in [0.5, 0.6) is 0 Å². The van der Waals surface area contributed by atoms with Gasteiger partial charge in [0, 0.05) is 10.9 Å². The Hall–Kier alpha value is -2.17. The molecule has 2 rings (SSSR count). The highest BCUT2D eigenvalue weighted by Crippen LogP contribution is 2.19. The van der Waals surface area contributed by atoms with E-state index in [1.165, 1.54) is 0 Å². The van der Waals surface area contributed by atoms with Crippen LogP contribution in [0.2, 0.25) is 0 Å². The fourth-order valence-corrected chi connectivity index (χ4v) is 1.26. The Bertz CT molecular complexity index is 509. The van der Waals surface area contributed by atoms with E-state index in [4.69, 9.17) is 11.5 Å². The molecule has 0 saturated heterocycles. The lowest BCUT2D eigenvalue weighted by Crippen LogP contribution is -2.00. The van der Waals surface area contributed by atoms with E-state index < -0.39 is 0 Å². The molecule has 1 aromatic heterocycles. The highest BCUT2D eigenvalue weighted by atomic mass is 16.1.